The predicted octanol–water partition coefficient (Wildman–Crippen LogP) is 3.57. The van der Waals surface area contributed by atoms with Crippen LogP contribution in [0, 0.1) is 6.92 Å². The number of nitrogens with zero attached hydrogens (tertiary/aromatic N) is 4. The lowest BCUT2D eigenvalue weighted by molar-refractivity contribution is 0.202. The largest absolute Gasteiger partial charge is 0.473 e. The molecular formula is C21H25N5O4S2. The Labute approximate surface area is 192 Å². The average Bonchev–Trinajstić information content (AvgIpc) is 2.78. The molecule has 0 atom stereocenters. The van der Waals surface area contributed by atoms with Gasteiger partial charge in [-0.2, -0.15) is 4.98 Å². The summed E-state index contributed by atoms with van der Waals surface area (Å²) in [6, 6.07) is 8.05. The summed E-state index contributed by atoms with van der Waals surface area (Å²) in [4.78, 5) is 17.7. The van der Waals surface area contributed by atoms with Gasteiger partial charge in [0.1, 0.15) is 13.2 Å². The first-order valence-electron chi connectivity index (χ1n) is 9.96. The third kappa shape index (κ3) is 6.79. The molecule has 0 spiro atoms. The molecule has 11 heteroatoms. The van der Waals surface area contributed by atoms with Crippen LogP contribution in [0.4, 0.5) is 5.95 Å². The Morgan fingerprint density at radius 3 is 2.34 bits per heavy atom. The van der Waals surface area contributed by atoms with E-state index >= 15 is 0 Å². The minimum Gasteiger partial charge on any atom is -0.473 e. The van der Waals surface area contributed by atoms with E-state index in [1.165, 1.54) is 0 Å². The number of sulfonamides is 1. The van der Waals surface area contributed by atoms with E-state index in [1.807, 2.05) is 37.4 Å². The highest BCUT2D eigenvalue weighted by atomic mass is 32.2. The lowest BCUT2D eigenvalue weighted by Gasteiger charge is -2.13. The molecule has 0 aliphatic rings. The lowest BCUT2D eigenvalue weighted by atomic mass is 10.1. The maximum absolute atomic E-state index is 12.1. The second kappa shape index (κ2) is 11.1. The first-order valence-corrected chi connectivity index (χ1v) is 12.8. The Morgan fingerprint density at radius 2 is 1.69 bits per heavy atom. The summed E-state index contributed by atoms with van der Waals surface area (Å²) in [5.41, 5.74) is 2.61. The molecule has 9 nitrogen and oxygen atoms in total. The van der Waals surface area contributed by atoms with Gasteiger partial charge in [0.25, 0.3) is 0 Å². The van der Waals surface area contributed by atoms with Gasteiger partial charge in [0.2, 0.25) is 21.9 Å². The van der Waals surface area contributed by atoms with Crippen molar-refractivity contribution in [3.8, 4) is 23.0 Å². The zero-order valence-electron chi connectivity index (χ0n) is 18.1. The zero-order chi connectivity index (χ0) is 23.0. The van der Waals surface area contributed by atoms with Crippen LogP contribution < -0.4 is 14.2 Å². The second-order valence-electron chi connectivity index (χ2n) is 6.80. The van der Waals surface area contributed by atoms with E-state index in [0.717, 1.165) is 16.0 Å². The normalized spacial score (nSPS) is 11.2. The maximum Gasteiger partial charge on any atom is 0.316 e. The molecule has 1 N–H and O–H groups in total. The fourth-order valence-electron chi connectivity index (χ4n) is 2.67. The van der Waals surface area contributed by atoms with E-state index in [9.17, 15) is 8.42 Å². The number of aryl methyl sites for hydroxylation is 1. The van der Waals surface area contributed by atoms with E-state index in [4.69, 9.17) is 9.47 Å². The van der Waals surface area contributed by atoms with Crippen molar-refractivity contribution in [2.75, 3.05) is 29.9 Å². The molecule has 0 saturated heterocycles. The van der Waals surface area contributed by atoms with Crippen molar-refractivity contribution < 1.29 is 17.9 Å². The molecular weight excluding hydrogens is 450 g/mol. The number of hydrogen-bond donors (Lipinski definition) is 1. The van der Waals surface area contributed by atoms with E-state index in [0.29, 0.717) is 12.0 Å². The number of aromatic nitrogens is 4. The van der Waals surface area contributed by atoms with Crippen LogP contribution in [0.1, 0.15) is 18.9 Å². The van der Waals surface area contributed by atoms with Gasteiger partial charge in [-0.15, -0.1) is 11.8 Å². The molecule has 0 fully saturated rings. The van der Waals surface area contributed by atoms with Crippen molar-refractivity contribution in [3.05, 3.63) is 48.4 Å². The summed E-state index contributed by atoms with van der Waals surface area (Å²) in [7, 11) is -3.53. The van der Waals surface area contributed by atoms with Crippen molar-refractivity contribution >= 4 is 27.7 Å². The van der Waals surface area contributed by atoms with Crippen LogP contribution in [0.3, 0.4) is 0 Å². The first-order chi connectivity index (χ1) is 15.4. The van der Waals surface area contributed by atoms with E-state index in [1.54, 1.807) is 37.3 Å². The summed E-state index contributed by atoms with van der Waals surface area (Å²) in [5, 5.41) is 0. The average molecular weight is 476 g/mol. The number of rotatable bonds is 11. The van der Waals surface area contributed by atoms with Gasteiger partial charge in [-0.3, -0.25) is 4.72 Å². The van der Waals surface area contributed by atoms with Crippen LogP contribution in [0.2, 0.25) is 0 Å². The molecule has 0 bridgehead atoms. The van der Waals surface area contributed by atoms with Crippen LogP contribution in [0.5, 0.6) is 11.9 Å². The van der Waals surface area contributed by atoms with Crippen LogP contribution >= 0.6 is 11.8 Å². The monoisotopic (exact) mass is 475 g/mol. The van der Waals surface area contributed by atoms with Gasteiger partial charge < -0.3 is 9.47 Å². The van der Waals surface area contributed by atoms with E-state index in [2.05, 4.69) is 24.7 Å². The minimum atomic E-state index is -3.53. The van der Waals surface area contributed by atoms with Crippen LogP contribution in [0.15, 0.2) is 47.8 Å². The summed E-state index contributed by atoms with van der Waals surface area (Å²) in [6.07, 6.45) is 7.33. The summed E-state index contributed by atoms with van der Waals surface area (Å²) >= 11 is 1.54. The van der Waals surface area contributed by atoms with Crippen molar-refractivity contribution in [2.45, 2.75) is 25.2 Å². The molecule has 0 aliphatic heterocycles. The highest BCUT2D eigenvalue weighted by Gasteiger charge is 2.15. The smallest absolute Gasteiger partial charge is 0.316 e. The second-order valence-corrected chi connectivity index (χ2v) is 9.52. The van der Waals surface area contributed by atoms with Crippen molar-refractivity contribution in [1.29, 1.82) is 0 Å². The minimum absolute atomic E-state index is 0.0184. The molecule has 3 rings (SSSR count). The Balaban J connectivity index is 1.74. The number of hydrogen-bond acceptors (Lipinski definition) is 9. The summed E-state index contributed by atoms with van der Waals surface area (Å²) in [5.74, 6) is 0.191. The van der Waals surface area contributed by atoms with Crippen LogP contribution in [0.25, 0.3) is 11.1 Å². The number of anilines is 1. The number of benzene rings is 1. The van der Waals surface area contributed by atoms with Gasteiger partial charge in [-0.1, -0.05) is 36.8 Å². The highest BCUT2D eigenvalue weighted by Crippen LogP contribution is 2.29. The maximum atomic E-state index is 12.1. The molecule has 0 saturated carbocycles. The van der Waals surface area contributed by atoms with Gasteiger partial charge in [0.05, 0.1) is 11.3 Å². The highest BCUT2D eigenvalue weighted by molar-refractivity contribution is 7.98. The Bertz CT molecular complexity index is 1120. The molecule has 2 heterocycles. The third-order valence-electron chi connectivity index (χ3n) is 4.23. The van der Waals surface area contributed by atoms with Crippen molar-refractivity contribution in [1.82, 2.24) is 19.9 Å². The van der Waals surface area contributed by atoms with Gasteiger partial charge in [-0.25, -0.2) is 23.4 Å². The summed E-state index contributed by atoms with van der Waals surface area (Å²) in [6.45, 7) is 4.12. The Kier molecular flexibility index (Phi) is 8.23. The van der Waals surface area contributed by atoms with Gasteiger partial charge in [-0.05, 0) is 25.2 Å². The van der Waals surface area contributed by atoms with Crippen LogP contribution in [-0.4, -0.2) is 53.6 Å². The molecule has 2 aromatic heterocycles. The predicted molar refractivity (Wildman–Crippen MR) is 125 cm³/mol. The molecule has 170 valence electrons. The van der Waals surface area contributed by atoms with E-state index < -0.39 is 10.0 Å². The first kappa shape index (κ1) is 23.7. The SMILES string of the molecule is CCCS(=O)(=O)Nc1ncc(-c2ccc(C)cc2)c(OCCOc2ncc(SC)cn2)n1. The van der Waals surface area contributed by atoms with Gasteiger partial charge >= 0.3 is 6.01 Å². The molecule has 0 unspecified atom stereocenters. The number of ether oxygens (including phenoxy) is 2. The molecule has 0 aliphatic carbocycles. The van der Waals surface area contributed by atoms with Gasteiger partial charge in [0, 0.05) is 23.5 Å². The molecule has 32 heavy (non-hydrogen) atoms. The summed E-state index contributed by atoms with van der Waals surface area (Å²) < 4.78 is 37.9. The standard InChI is InChI=1S/C21H25N5O4S2/c1-4-11-32(27,28)26-20-22-14-18(16-7-5-15(2)6-8-16)19(25-20)29-9-10-30-21-23-12-17(31-3)13-24-21/h5-8,12-14H,4,9-11H2,1-3H3,(H,22,25,26). The van der Waals surface area contributed by atoms with Crippen LogP contribution in [-0.2, 0) is 10.0 Å². The molecule has 3 aromatic rings. The van der Waals surface area contributed by atoms with Gasteiger partial charge in [0.15, 0.2) is 0 Å². The third-order valence-corrected chi connectivity index (χ3v) is 6.35. The van der Waals surface area contributed by atoms with Crippen molar-refractivity contribution in [2.24, 2.45) is 0 Å². The lowest BCUT2D eigenvalue weighted by Crippen LogP contribution is -2.18. The van der Waals surface area contributed by atoms with Crippen molar-refractivity contribution in [3.63, 3.8) is 0 Å². The molecule has 1 aromatic carbocycles. The molecule has 0 amide bonds. The quantitative estimate of drug-likeness (QED) is 0.328. The molecule has 0 radical (unpaired) electrons. The number of nitrogens with one attached hydrogen (secondary N) is 1. The topological polar surface area (TPSA) is 116 Å². The van der Waals surface area contributed by atoms with E-state index in [-0.39, 0.29) is 36.8 Å². The Hall–Kier alpha value is -2.92. The zero-order valence-corrected chi connectivity index (χ0v) is 19.7. The number of thioether (sulfide) groups is 1. The fraction of sp³-hybridized carbons (Fsp3) is 0.333. The fourth-order valence-corrected chi connectivity index (χ4v) is 4.00. The Morgan fingerprint density at radius 1 is 1.00 bits per heavy atom.